The monoisotopic (exact) mass is 140 g/mol. The van der Waals surface area contributed by atoms with Crippen LogP contribution in [0.2, 0.25) is 0 Å². The van der Waals surface area contributed by atoms with Crippen LogP contribution >= 0.6 is 0 Å². The maximum Gasteiger partial charge on any atom is 0.0342 e. The van der Waals surface area contributed by atoms with E-state index in [2.05, 4.69) is 4.90 Å². The van der Waals surface area contributed by atoms with Crippen LogP contribution in [0.4, 0.5) is 0 Å². The molecule has 0 bridgehead atoms. The van der Waals surface area contributed by atoms with Gasteiger partial charge in [-0.25, -0.2) is 0 Å². The molecule has 0 rings (SSSR count). The Morgan fingerprint density at radius 3 is 2.00 bits per heavy atom. The van der Waals surface area contributed by atoms with Crippen molar-refractivity contribution in [1.82, 2.24) is 4.90 Å². The lowest BCUT2D eigenvalue weighted by Gasteiger charge is -2.12. The molecule has 0 radical (unpaired) electrons. The Morgan fingerprint density at radius 2 is 1.70 bits per heavy atom. The van der Waals surface area contributed by atoms with E-state index in [9.17, 15) is 0 Å². The second kappa shape index (κ2) is 6.36. The Morgan fingerprint density at radius 1 is 1.20 bits per heavy atom. The molecule has 0 saturated carbocycles. The van der Waals surface area contributed by atoms with Crippen molar-refractivity contribution >= 4 is 0 Å². The molecule has 0 aromatic rings. The van der Waals surface area contributed by atoms with Gasteiger partial charge in [0.05, 0.1) is 0 Å². The highest BCUT2D eigenvalue weighted by atomic mass is 15.1. The van der Waals surface area contributed by atoms with E-state index in [4.69, 9.17) is 5.73 Å². The predicted molar refractivity (Wildman–Crippen MR) is 45.4 cm³/mol. The molecule has 2 nitrogen and oxygen atoms in total. The van der Waals surface area contributed by atoms with Gasteiger partial charge in [-0.3, -0.25) is 0 Å². The molecule has 10 heavy (non-hydrogen) atoms. The lowest BCUT2D eigenvalue weighted by Crippen LogP contribution is -2.19. The van der Waals surface area contributed by atoms with Crippen molar-refractivity contribution in [2.24, 2.45) is 5.73 Å². The van der Waals surface area contributed by atoms with Crippen LogP contribution in [0.3, 0.4) is 0 Å². The zero-order chi connectivity index (χ0) is 7.82. The number of rotatable bonds is 4. The Hall–Kier alpha value is -0.760. The second-order valence-electron chi connectivity index (χ2n) is 1.99. The first-order valence-corrected chi connectivity index (χ1v) is 3.56. The van der Waals surface area contributed by atoms with Gasteiger partial charge in [-0.1, -0.05) is 12.2 Å². The quantitative estimate of drug-likeness (QED) is 0.638. The summed E-state index contributed by atoms with van der Waals surface area (Å²) >= 11 is 0. The maximum absolute atomic E-state index is 5.38. The van der Waals surface area contributed by atoms with Crippen molar-refractivity contribution in [3.63, 3.8) is 0 Å². The normalized spacial score (nSPS) is 11.5. The van der Waals surface area contributed by atoms with Gasteiger partial charge in [0.1, 0.15) is 0 Å². The van der Waals surface area contributed by atoms with Crippen molar-refractivity contribution in [1.29, 1.82) is 0 Å². The van der Waals surface area contributed by atoms with Crippen LogP contribution in [0.1, 0.15) is 13.8 Å². The van der Waals surface area contributed by atoms with Crippen LogP contribution in [0.5, 0.6) is 0 Å². The topological polar surface area (TPSA) is 29.3 Å². The maximum atomic E-state index is 5.38. The van der Waals surface area contributed by atoms with E-state index in [1.165, 1.54) is 0 Å². The molecule has 2 heteroatoms. The summed E-state index contributed by atoms with van der Waals surface area (Å²) < 4.78 is 0. The van der Waals surface area contributed by atoms with Gasteiger partial charge in [0.25, 0.3) is 0 Å². The number of nitrogens with zero attached hydrogens (tertiary/aromatic N) is 1. The number of hydrogen-bond acceptors (Lipinski definition) is 2. The molecule has 0 fully saturated rings. The standard InChI is InChI=1S/C8H16N2/c1-3-6-10(7-4-2)8-5-9/h3-4,6-7H,5,8-9H2,1-2H3. The molecule has 0 spiro atoms. The van der Waals surface area contributed by atoms with Crippen LogP contribution in [-0.4, -0.2) is 18.0 Å². The van der Waals surface area contributed by atoms with Gasteiger partial charge in [0.2, 0.25) is 0 Å². The smallest absolute Gasteiger partial charge is 0.0342 e. The summed E-state index contributed by atoms with van der Waals surface area (Å²) in [6.07, 6.45) is 8.01. The van der Waals surface area contributed by atoms with Crippen molar-refractivity contribution < 1.29 is 0 Å². The molecule has 0 amide bonds. The number of nitrogens with two attached hydrogens (primary N) is 1. The van der Waals surface area contributed by atoms with Crippen molar-refractivity contribution in [2.75, 3.05) is 13.1 Å². The van der Waals surface area contributed by atoms with Gasteiger partial charge in [-0.15, -0.1) is 0 Å². The Kier molecular flexibility index (Phi) is 5.88. The van der Waals surface area contributed by atoms with E-state index in [1.54, 1.807) is 0 Å². The summed E-state index contributed by atoms with van der Waals surface area (Å²) in [4.78, 5) is 2.06. The summed E-state index contributed by atoms with van der Waals surface area (Å²) in [5, 5.41) is 0. The van der Waals surface area contributed by atoms with E-state index in [0.717, 1.165) is 6.54 Å². The molecule has 0 aliphatic carbocycles. The van der Waals surface area contributed by atoms with Gasteiger partial charge < -0.3 is 10.6 Å². The molecule has 2 N–H and O–H groups in total. The van der Waals surface area contributed by atoms with Crippen molar-refractivity contribution in [3.05, 3.63) is 24.6 Å². The van der Waals surface area contributed by atoms with Crippen LogP contribution in [0.25, 0.3) is 0 Å². The first-order valence-electron chi connectivity index (χ1n) is 3.56. The van der Waals surface area contributed by atoms with Crippen molar-refractivity contribution in [3.8, 4) is 0 Å². The van der Waals surface area contributed by atoms with Gasteiger partial charge in [0.15, 0.2) is 0 Å². The van der Waals surface area contributed by atoms with E-state index < -0.39 is 0 Å². The fraction of sp³-hybridized carbons (Fsp3) is 0.500. The molecule has 0 heterocycles. The fourth-order valence-electron chi connectivity index (χ4n) is 0.731. The van der Waals surface area contributed by atoms with Crippen LogP contribution in [-0.2, 0) is 0 Å². The van der Waals surface area contributed by atoms with E-state index in [0.29, 0.717) is 6.54 Å². The van der Waals surface area contributed by atoms with Gasteiger partial charge >= 0.3 is 0 Å². The van der Waals surface area contributed by atoms with Gasteiger partial charge in [0, 0.05) is 13.1 Å². The minimum Gasteiger partial charge on any atom is -0.354 e. The lowest BCUT2D eigenvalue weighted by atomic mass is 10.5. The summed E-state index contributed by atoms with van der Waals surface area (Å²) in [5.41, 5.74) is 5.38. The van der Waals surface area contributed by atoms with Gasteiger partial charge in [-0.2, -0.15) is 0 Å². The van der Waals surface area contributed by atoms with E-state index in [1.807, 2.05) is 38.4 Å². The Balaban J connectivity index is 3.72. The highest BCUT2D eigenvalue weighted by molar-refractivity contribution is 4.88. The largest absolute Gasteiger partial charge is 0.354 e. The molecule has 0 aliphatic heterocycles. The predicted octanol–water partition coefficient (Wildman–Crippen LogP) is 1.31. The fourth-order valence-corrected chi connectivity index (χ4v) is 0.731. The molecule has 0 saturated heterocycles. The molecular formula is C8H16N2. The first kappa shape index (κ1) is 9.24. The molecule has 58 valence electrons. The number of allylic oxidation sites excluding steroid dienone is 2. The molecule has 0 unspecified atom stereocenters. The number of hydrogen-bond donors (Lipinski definition) is 1. The molecular weight excluding hydrogens is 124 g/mol. The van der Waals surface area contributed by atoms with Crippen LogP contribution in [0.15, 0.2) is 24.6 Å². The van der Waals surface area contributed by atoms with Crippen LogP contribution < -0.4 is 5.73 Å². The third-order valence-corrected chi connectivity index (χ3v) is 1.07. The average Bonchev–Trinajstić information content (AvgIpc) is 1.90. The highest BCUT2D eigenvalue weighted by Gasteiger charge is 1.87. The molecule has 0 aromatic heterocycles. The SMILES string of the molecule is CC=CN(C=CC)CCN. The molecule has 0 aliphatic rings. The second-order valence-corrected chi connectivity index (χ2v) is 1.99. The summed E-state index contributed by atoms with van der Waals surface area (Å²) in [6, 6.07) is 0. The highest BCUT2D eigenvalue weighted by Crippen LogP contribution is 1.89. The summed E-state index contributed by atoms with van der Waals surface area (Å²) in [6.45, 7) is 5.56. The third-order valence-electron chi connectivity index (χ3n) is 1.07. The Bertz CT molecular complexity index is 104. The Labute approximate surface area is 63.0 Å². The van der Waals surface area contributed by atoms with E-state index in [-0.39, 0.29) is 0 Å². The zero-order valence-corrected chi connectivity index (χ0v) is 6.75. The summed E-state index contributed by atoms with van der Waals surface area (Å²) in [7, 11) is 0. The summed E-state index contributed by atoms with van der Waals surface area (Å²) in [5.74, 6) is 0. The van der Waals surface area contributed by atoms with Gasteiger partial charge in [-0.05, 0) is 26.2 Å². The first-order chi connectivity index (χ1) is 4.85. The molecule has 0 aromatic carbocycles. The zero-order valence-electron chi connectivity index (χ0n) is 6.75. The molecule has 0 atom stereocenters. The van der Waals surface area contributed by atoms with Crippen LogP contribution in [0, 0.1) is 0 Å². The third kappa shape index (κ3) is 4.15. The minimum absolute atomic E-state index is 0.689. The average molecular weight is 140 g/mol. The minimum atomic E-state index is 0.689. The van der Waals surface area contributed by atoms with Crippen molar-refractivity contribution in [2.45, 2.75) is 13.8 Å². The van der Waals surface area contributed by atoms with E-state index >= 15 is 0 Å². The lowest BCUT2D eigenvalue weighted by molar-refractivity contribution is 0.515.